The van der Waals surface area contributed by atoms with Crippen LogP contribution in [0.2, 0.25) is 0 Å². The van der Waals surface area contributed by atoms with Crippen molar-refractivity contribution in [2.24, 2.45) is 4.40 Å². The third-order valence-corrected chi connectivity index (χ3v) is 4.58. The molecule has 0 aliphatic heterocycles. The van der Waals surface area contributed by atoms with Gasteiger partial charge in [-0.2, -0.15) is 0 Å². The van der Waals surface area contributed by atoms with Gasteiger partial charge in [-0.1, -0.05) is 4.40 Å². The Morgan fingerprint density at radius 2 is 2.00 bits per heavy atom. The fraction of sp³-hybridized carbons (Fsp3) is 0.308. The average Bonchev–Trinajstić information content (AvgIpc) is 2.84. The second-order valence-electron chi connectivity index (χ2n) is 4.90. The molecule has 0 fully saturated rings. The van der Waals surface area contributed by atoms with Gasteiger partial charge in [0.05, 0.1) is 11.1 Å². The summed E-state index contributed by atoms with van der Waals surface area (Å²) >= 11 is 0.281. The highest BCUT2D eigenvalue weighted by atomic mass is 32.2. The molecular formula is C13H15N3OS2. The molecule has 0 radical (unpaired) electrons. The fourth-order valence-electron chi connectivity index (χ4n) is 1.23. The van der Waals surface area contributed by atoms with E-state index < -0.39 is 11.4 Å². The minimum absolute atomic E-state index is 0.338. The van der Waals surface area contributed by atoms with E-state index in [0.717, 1.165) is 15.4 Å². The van der Waals surface area contributed by atoms with Crippen molar-refractivity contribution in [2.45, 2.75) is 25.5 Å². The summed E-state index contributed by atoms with van der Waals surface area (Å²) in [5.41, 5.74) is 1.02. The number of hydrogen-bond acceptors (Lipinski definition) is 5. The van der Waals surface area contributed by atoms with Crippen LogP contribution in [0.1, 0.15) is 25.6 Å². The van der Waals surface area contributed by atoms with Gasteiger partial charge in [-0.25, -0.2) is 4.98 Å². The molecule has 100 valence electrons. The van der Waals surface area contributed by atoms with Crippen LogP contribution in [0.5, 0.6) is 0 Å². The molecule has 0 saturated carbocycles. The highest BCUT2D eigenvalue weighted by Gasteiger charge is 2.25. The van der Waals surface area contributed by atoms with Gasteiger partial charge in [0.2, 0.25) is 0 Å². The molecule has 0 N–H and O–H groups in total. The molecule has 2 rings (SSSR count). The van der Waals surface area contributed by atoms with E-state index in [-0.39, 0.29) is 4.75 Å². The first kappa shape index (κ1) is 14.2. The Labute approximate surface area is 120 Å². The van der Waals surface area contributed by atoms with E-state index in [4.69, 9.17) is 0 Å². The van der Waals surface area contributed by atoms with E-state index >= 15 is 0 Å². The molecular weight excluding hydrogens is 278 g/mol. The molecule has 0 spiro atoms. The first-order chi connectivity index (χ1) is 8.97. The molecule has 0 bridgehead atoms. The van der Waals surface area contributed by atoms with Crippen molar-refractivity contribution in [1.29, 1.82) is 0 Å². The van der Waals surface area contributed by atoms with Crippen LogP contribution >= 0.6 is 11.3 Å². The first-order valence-corrected chi connectivity index (χ1v) is 7.71. The lowest BCUT2D eigenvalue weighted by molar-refractivity contribution is 0.562. The quantitative estimate of drug-likeness (QED) is 0.645. The number of thiazole rings is 1. The van der Waals surface area contributed by atoms with Gasteiger partial charge in [0.25, 0.3) is 0 Å². The van der Waals surface area contributed by atoms with E-state index in [1.807, 2.05) is 32.9 Å². The van der Waals surface area contributed by atoms with Crippen molar-refractivity contribution in [3.63, 3.8) is 0 Å². The van der Waals surface area contributed by atoms with Crippen molar-refractivity contribution >= 4 is 28.9 Å². The Morgan fingerprint density at radius 3 is 2.63 bits per heavy atom. The number of nitrogens with zero attached hydrogens (tertiary/aromatic N) is 3. The predicted molar refractivity (Wildman–Crippen MR) is 80.8 cm³/mol. The summed E-state index contributed by atoms with van der Waals surface area (Å²) in [7, 11) is 0. The third-order valence-electron chi connectivity index (χ3n) is 2.25. The van der Waals surface area contributed by atoms with Crippen molar-refractivity contribution in [2.75, 3.05) is 0 Å². The molecule has 0 aromatic carbocycles. The lowest BCUT2D eigenvalue weighted by Gasteiger charge is -2.17. The lowest BCUT2D eigenvalue weighted by atomic mass is 10.3. The molecule has 0 saturated heterocycles. The van der Waals surface area contributed by atoms with Crippen molar-refractivity contribution in [3.8, 4) is 10.6 Å². The van der Waals surface area contributed by atoms with Gasteiger partial charge in [0.1, 0.15) is 21.1 Å². The Balaban J connectivity index is 2.12. The second-order valence-corrected chi connectivity index (χ2v) is 7.90. The topological polar surface area (TPSA) is 61.2 Å². The SMILES string of the molecule is CC(C)(C)[S+]([O-])/N=C/c1cnc(-c2ccncc2)s1. The zero-order valence-electron chi connectivity index (χ0n) is 11.0. The number of aromatic nitrogens is 2. The van der Waals surface area contributed by atoms with Gasteiger partial charge < -0.3 is 4.55 Å². The molecule has 1 unspecified atom stereocenters. The van der Waals surface area contributed by atoms with E-state index in [9.17, 15) is 4.55 Å². The van der Waals surface area contributed by atoms with Crippen LogP contribution in [0.15, 0.2) is 35.1 Å². The average molecular weight is 293 g/mol. The summed E-state index contributed by atoms with van der Waals surface area (Å²) in [6.07, 6.45) is 6.84. The molecule has 19 heavy (non-hydrogen) atoms. The number of hydrogen-bond donors (Lipinski definition) is 0. The molecule has 2 aromatic heterocycles. The van der Waals surface area contributed by atoms with Crippen LogP contribution in [0.25, 0.3) is 10.6 Å². The largest absolute Gasteiger partial charge is 0.591 e. The van der Waals surface area contributed by atoms with Gasteiger partial charge in [-0.05, 0) is 32.9 Å². The van der Waals surface area contributed by atoms with Gasteiger partial charge in [-0.3, -0.25) is 4.98 Å². The number of pyridine rings is 1. The van der Waals surface area contributed by atoms with Crippen molar-refractivity contribution < 1.29 is 4.55 Å². The normalized spacial score (nSPS) is 13.9. The van der Waals surface area contributed by atoms with Crippen LogP contribution in [0.3, 0.4) is 0 Å². The third kappa shape index (κ3) is 3.86. The summed E-state index contributed by atoms with van der Waals surface area (Å²) in [5, 5.41) is 0.908. The summed E-state index contributed by atoms with van der Waals surface area (Å²) < 4.78 is 15.5. The van der Waals surface area contributed by atoms with Crippen molar-refractivity contribution in [3.05, 3.63) is 35.6 Å². The van der Waals surface area contributed by atoms with Crippen LogP contribution in [-0.4, -0.2) is 25.5 Å². The zero-order chi connectivity index (χ0) is 13.9. The predicted octanol–water partition coefficient (Wildman–Crippen LogP) is 3.09. The van der Waals surface area contributed by atoms with E-state index in [2.05, 4.69) is 14.4 Å². The minimum atomic E-state index is -1.23. The first-order valence-electron chi connectivity index (χ1n) is 5.79. The summed E-state index contributed by atoms with van der Waals surface area (Å²) in [6, 6.07) is 3.82. The van der Waals surface area contributed by atoms with Gasteiger partial charge in [-0.15, -0.1) is 11.3 Å². The van der Waals surface area contributed by atoms with E-state index in [1.54, 1.807) is 24.8 Å². The Hall–Kier alpha value is -1.24. The number of rotatable bonds is 3. The summed E-state index contributed by atoms with van der Waals surface area (Å²) in [5.74, 6) is 0. The van der Waals surface area contributed by atoms with E-state index in [1.165, 1.54) is 11.3 Å². The van der Waals surface area contributed by atoms with Gasteiger partial charge in [0, 0.05) is 24.2 Å². The van der Waals surface area contributed by atoms with Crippen molar-refractivity contribution in [1.82, 2.24) is 9.97 Å². The van der Waals surface area contributed by atoms with Gasteiger partial charge >= 0.3 is 0 Å². The molecule has 0 amide bonds. The molecule has 2 aromatic rings. The molecule has 0 aliphatic carbocycles. The lowest BCUT2D eigenvalue weighted by Crippen LogP contribution is -2.25. The van der Waals surface area contributed by atoms with Crippen LogP contribution in [0.4, 0.5) is 0 Å². The van der Waals surface area contributed by atoms with Crippen LogP contribution in [0, 0.1) is 0 Å². The Bertz CT molecular complexity index is 561. The molecule has 2 heterocycles. The van der Waals surface area contributed by atoms with Gasteiger partial charge in [0.15, 0.2) is 0 Å². The summed E-state index contributed by atoms with van der Waals surface area (Å²) in [4.78, 5) is 9.19. The highest BCUT2D eigenvalue weighted by Crippen LogP contribution is 2.24. The standard InChI is InChI=1S/C13H15N3OS2/c1-13(2,3)19(17)16-9-11-8-15-12(18-11)10-4-6-14-7-5-10/h4-9H,1-3H3/b16-9+. The Morgan fingerprint density at radius 1 is 1.32 bits per heavy atom. The monoisotopic (exact) mass is 293 g/mol. The maximum Gasteiger partial charge on any atom is 0.144 e. The molecule has 1 atom stereocenters. The zero-order valence-corrected chi connectivity index (χ0v) is 12.7. The maximum absolute atomic E-state index is 11.8. The highest BCUT2D eigenvalue weighted by molar-refractivity contribution is 7.91. The molecule has 6 heteroatoms. The molecule has 0 aliphatic rings. The summed E-state index contributed by atoms with van der Waals surface area (Å²) in [6.45, 7) is 5.70. The minimum Gasteiger partial charge on any atom is -0.591 e. The second kappa shape index (κ2) is 5.81. The molecule has 4 nitrogen and oxygen atoms in total. The maximum atomic E-state index is 11.8. The Kier molecular flexibility index (Phi) is 4.34. The van der Waals surface area contributed by atoms with E-state index in [0.29, 0.717) is 0 Å². The fourth-order valence-corrected chi connectivity index (χ4v) is 2.62. The smallest absolute Gasteiger partial charge is 0.144 e. The van der Waals surface area contributed by atoms with Crippen LogP contribution in [-0.2, 0) is 11.4 Å². The van der Waals surface area contributed by atoms with Crippen LogP contribution < -0.4 is 0 Å².